The lowest BCUT2D eigenvalue weighted by Gasteiger charge is -1.80. The molecule has 0 radical (unpaired) electrons. The Labute approximate surface area is 42.7 Å². The highest BCUT2D eigenvalue weighted by atomic mass is 14.8. The first kappa shape index (κ1) is 6.01. The maximum absolute atomic E-state index is 5.00. The summed E-state index contributed by atoms with van der Waals surface area (Å²) in [7, 11) is 0. The van der Waals surface area contributed by atoms with Crippen LogP contribution in [0.2, 0.25) is 0 Å². The maximum atomic E-state index is 5.00. The molecule has 7 heavy (non-hydrogen) atoms. The normalized spacial score (nSPS) is 9.29. The van der Waals surface area contributed by atoms with Crippen LogP contribution in [0.25, 0.3) is 0 Å². The number of nitrogens with two attached hydrogens (primary N) is 2. The molecule has 3 heteroatoms. The Morgan fingerprint density at radius 2 is 2.14 bits per heavy atom. The quantitative estimate of drug-likeness (QED) is 0.447. The summed E-state index contributed by atoms with van der Waals surface area (Å²) in [6.45, 7) is 1.79. The second-order valence-corrected chi connectivity index (χ2v) is 1.04. The van der Waals surface area contributed by atoms with Crippen molar-refractivity contribution in [3.05, 3.63) is 12.0 Å². The monoisotopic (exact) mass is 99.1 g/mol. The number of aliphatic imine (C=N–C) groups is 1. The summed E-state index contributed by atoms with van der Waals surface area (Å²) in [4.78, 5) is 3.63. The SMILES string of the molecule is C/C=N\C=C(N)N. The summed E-state index contributed by atoms with van der Waals surface area (Å²) in [5.41, 5.74) is 10.0. The summed E-state index contributed by atoms with van der Waals surface area (Å²) in [5, 5.41) is 0. The molecule has 0 aromatic rings. The van der Waals surface area contributed by atoms with Gasteiger partial charge in [0.25, 0.3) is 0 Å². The van der Waals surface area contributed by atoms with Gasteiger partial charge in [-0.1, -0.05) is 0 Å². The average Bonchev–Trinajstić information content (AvgIpc) is 1.61. The van der Waals surface area contributed by atoms with E-state index in [1.165, 1.54) is 6.20 Å². The Balaban J connectivity index is 3.46. The van der Waals surface area contributed by atoms with Crippen LogP contribution < -0.4 is 11.5 Å². The summed E-state index contributed by atoms with van der Waals surface area (Å²) in [6.07, 6.45) is 3.00. The molecule has 0 rings (SSSR count). The zero-order valence-corrected chi connectivity index (χ0v) is 4.26. The van der Waals surface area contributed by atoms with Crippen LogP contribution in [-0.2, 0) is 0 Å². The number of nitrogens with zero attached hydrogens (tertiary/aromatic N) is 1. The van der Waals surface area contributed by atoms with Gasteiger partial charge in [0.05, 0.1) is 6.20 Å². The lowest BCUT2D eigenvalue weighted by molar-refractivity contribution is 1.22. The fourth-order valence-corrected chi connectivity index (χ4v) is 0.161. The highest BCUT2D eigenvalue weighted by Crippen LogP contribution is 1.69. The molecule has 0 aliphatic carbocycles. The Morgan fingerprint density at radius 1 is 1.57 bits per heavy atom. The van der Waals surface area contributed by atoms with E-state index in [0.29, 0.717) is 0 Å². The molecule has 0 aliphatic rings. The van der Waals surface area contributed by atoms with Gasteiger partial charge in [-0.25, -0.2) is 0 Å². The Morgan fingerprint density at radius 3 is 2.29 bits per heavy atom. The molecule has 0 bridgehead atoms. The number of hydrogen-bond acceptors (Lipinski definition) is 3. The van der Waals surface area contributed by atoms with Crippen molar-refractivity contribution in [1.82, 2.24) is 0 Å². The average molecular weight is 99.1 g/mol. The number of rotatable bonds is 1. The van der Waals surface area contributed by atoms with E-state index in [1.54, 1.807) is 13.1 Å². The van der Waals surface area contributed by atoms with Gasteiger partial charge >= 0.3 is 0 Å². The fraction of sp³-hybridized carbons (Fsp3) is 0.250. The van der Waals surface area contributed by atoms with E-state index >= 15 is 0 Å². The standard InChI is InChI=1S/C4H9N3/c1-2-7-3-4(5)6/h2-3H,5-6H2,1H3/b7-2-. The van der Waals surface area contributed by atoms with E-state index in [-0.39, 0.29) is 5.82 Å². The van der Waals surface area contributed by atoms with E-state index in [0.717, 1.165) is 0 Å². The minimum absolute atomic E-state index is 0.234. The summed E-state index contributed by atoms with van der Waals surface area (Å²) in [6, 6.07) is 0. The molecule has 0 aromatic carbocycles. The first-order valence-corrected chi connectivity index (χ1v) is 1.96. The highest BCUT2D eigenvalue weighted by molar-refractivity contribution is 5.54. The molecule has 0 unspecified atom stereocenters. The zero-order chi connectivity index (χ0) is 5.70. The van der Waals surface area contributed by atoms with Crippen molar-refractivity contribution in [3.63, 3.8) is 0 Å². The van der Waals surface area contributed by atoms with Crippen molar-refractivity contribution < 1.29 is 0 Å². The first-order valence-electron chi connectivity index (χ1n) is 1.96. The second-order valence-electron chi connectivity index (χ2n) is 1.04. The van der Waals surface area contributed by atoms with Crippen molar-refractivity contribution >= 4 is 6.21 Å². The second kappa shape index (κ2) is 3.21. The third-order valence-corrected chi connectivity index (χ3v) is 0.373. The molecule has 0 aliphatic heterocycles. The molecular weight excluding hydrogens is 90.1 g/mol. The molecule has 0 atom stereocenters. The molecule has 0 saturated heterocycles. The molecule has 0 fully saturated rings. The van der Waals surface area contributed by atoms with Crippen LogP contribution in [0.4, 0.5) is 0 Å². The van der Waals surface area contributed by atoms with E-state index < -0.39 is 0 Å². The maximum Gasteiger partial charge on any atom is 0.112 e. The fourth-order valence-electron chi connectivity index (χ4n) is 0.161. The van der Waals surface area contributed by atoms with E-state index in [1.807, 2.05) is 0 Å². The van der Waals surface area contributed by atoms with E-state index in [4.69, 9.17) is 11.5 Å². The van der Waals surface area contributed by atoms with Gasteiger partial charge < -0.3 is 11.5 Å². The predicted octanol–water partition coefficient (Wildman–Crippen LogP) is -0.207. The molecule has 0 aromatic heterocycles. The Bertz CT molecular complexity index is 89.1. The molecule has 0 spiro atoms. The topological polar surface area (TPSA) is 64.4 Å². The smallest absolute Gasteiger partial charge is 0.112 e. The van der Waals surface area contributed by atoms with Gasteiger partial charge in [0.1, 0.15) is 5.82 Å². The summed E-state index contributed by atoms with van der Waals surface area (Å²) < 4.78 is 0. The van der Waals surface area contributed by atoms with Crippen LogP contribution >= 0.6 is 0 Å². The zero-order valence-electron chi connectivity index (χ0n) is 4.26. The van der Waals surface area contributed by atoms with Crippen LogP contribution in [-0.4, -0.2) is 6.21 Å². The van der Waals surface area contributed by atoms with Gasteiger partial charge in [0.2, 0.25) is 0 Å². The minimum Gasteiger partial charge on any atom is -0.384 e. The van der Waals surface area contributed by atoms with E-state index in [2.05, 4.69) is 4.99 Å². The van der Waals surface area contributed by atoms with Crippen LogP contribution in [0, 0.1) is 0 Å². The largest absolute Gasteiger partial charge is 0.384 e. The molecule has 40 valence electrons. The van der Waals surface area contributed by atoms with Gasteiger partial charge in [0, 0.05) is 6.21 Å². The van der Waals surface area contributed by atoms with Crippen molar-refractivity contribution in [2.24, 2.45) is 16.5 Å². The van der Waals surface area contributed by atoms with Gasteiger partial charge in [-0.15, -0.1) is 0 Å². The van der Waals surface area contributed by atoms with Crippen LogP contribution in [0.5, 0.6) is 0 Å². The Hall–Kier alpha value is -0.990. The lowest BCUT2D eigenvalue weighted by Crippen LogP contribution is -2.06. The highest BCUT2D eigenvalue weighted by Gasteiger charge is 1.66. The van der Waals surface area contributed by atoms with Crippen molar-refractivity contribution in [2.45, 2.75) is 6.92 Å². The summed E-state index contributed by atoms with van der Waals surface area (Å²) in [5.74, 6) is 0.234. The minimum atomic E-state index is 0.234. The van der Waals surface area contributed by atoms with Crippen molar-refractivity contribution in [1.29, 1.82) is 0 Å². The molecule has 0 amide bonds. The molecular formula is C4H9N3. The van der Waals surface area contributed by atoms with Gasteiger partial charge in [-0.3, -0.25) is 4.99 Å². The van der Waals surface area contributed by atoms with Crippen LogP contribution in [0.1, 0.15) is 6.92 Å². The van der Waals surface area contributed by atoms with Crippen LogP contribution in [0.3, 0.4) is 0 Å². The number of hydrogen-bond donors (Lipinski definition) is 2. The predicted molar refractivity (Wildman–Crippen MR) is 30.6 cm³/mol. The molecule has 3 nitrogen and oxygen atoms in total. The van der Waals surface area contributed by atoms with Crippen molar-refractivity contribution in [2.75, 3.05) is 0 Å². The third kappa shape index (κ3) is 5.01. The Kier molecular flexibility index (Phi) is 2.76. The lowest BCUT2D eigenvalue weighted by atomic mass is 10.8. The molecule has 0 heterocycles. The first-order chi connectivity index (χ1) is 3.27. The van der Waals surface area contributed by atoms with Crippen molar-refractivity contribution in [3.8, 4) is 0 Å². The van der Waals surface area contributed by atoms with Crippen LogP contribution in [0.15, 0.2) is 17.0 Å². The molecule has 4 N–H and O–H groups in total. The van der Waals surface area contributed by atoms with Gasteiger partial charge in [0.15, 0.2) is 0 Å². The molecule has 0 saturated carbocycles. The van der Waals surface area contributed by atoms with Gasteiger partial charge in [-0.05, 0) is 6.92 Å². The third-order valence-electron chi connectivity index (χ3n) is 0.373. The van der Waals surface area contributed by atoms with Gasteiger partial charge in [-0.2, -0.15) is 0 Å². The van der Waals surface area contributed by atoms with E-state index in [9.17, 15) is 0 Å². The summed E-state index contributed by atoms with van der Waals surface area (Å²) >= 11 is 0.